The minimum absolute atomic E-state index is 0.180. The van der Waals surface area contributed by atoms with Crippen molar-refractivity contribution in [2.45, 2.75) is 46.2 Å². The van der Waals surface area contributed by atoms with Crippen LogP contribution in [-0.2, 0) is 6.54 Å². The monoisotopic (exact) mass is 301 g/mol. The highest BCUT2D eigenvalue weighted by Crippen LogP contribution is 2.19. The summed E-state index contributed by atoms with van der Waals surface area (Å²) in [7, 11) is 0. The highest BCUT2D eigenvalue weighted by molar-refractivity contribution is 9.10. The fraction of sp³-hybridized carbons (Fsp3) is 0.571. The molecular weight excluding hydrogens is 281 g/mol. The number of halogens is 2. The molecule has 1 N–H and O–H groups in total. The average molecular weight is 302 g/mol. The summed E-state index contributed by atoms with van der Waals surface area (Å²) in [6.45, 7) is 7.33. The molecule has 0 saturated carbocycles. The molecule has 1 atom stereocenters. The van der Waals surface area contributed by atoms with Crippen LogP contribution in [0.15, 0.2) is 22.7 Å². The predicted octanol–water partition coefficient (Wildman–Crippen LogP) is 4.50. The fourth-order valence-electron chi connectivity index (χ4n) is 2.11. The summed E-state index contributed by atoms with van der Waals surface area (Å²) < 4.78 is 14.1. The first-order chi connectivity index (χ1) is 8.08. The van der Waals surface area contributed by atoms with Gasteiger partial charge in [0.05, 0.1) is 0 Å². The lowest BCUT2D eigenvalue weighted by molar-refractivity contribution is 0.352. The Morgan fingerprint density at radius 1 is 1.29 bits per heavy atom. The molecule has 0 amide bonds. The summed E-state index contributed by atoms with van der Waals surface area (Å²) in [5, 5.41) is 3.47. The highest BCUT2D eigenvalue weighted by Gasteiger charge is 2.13. The average Bonchev–Trinajstić information content (AvgIpc) is 2.32. The van der Waals surface area contributed by atoms with Crippen LogP contribution < -0.4 is 5.32 Å². The lowest BCUT2D eigenvalue weighted by Gasteiger charge is -2.22. The zero-order valence-electron chi connectivity index (χ0n) is 10.8. The third kappa shape index (κ3) is 4.40. The van der Waals surface area contributed by atoms with Gasteiger partial charge in [0.1, 0.15) is 5.82 Å². The van der Waals surface area contributed by atoms with Crippen molar-refractivity contribution in [2.75, 3.05) is 0 Å². The van der Waals surface area contributed by atoms with Crippen molar-refractivity contribution < 1.29 is 4.39 Å². The van der Waals surface area contributed by atoms with E-state index in [9.17, 15) is 4.39 Å². The maximum absolute atomic E-state index is 13.1. The van der Waals surface area contributed by atoms with Gasteiger partial charge < -0.3 is 5.32 Å². The van der Waals surface area contributed by atoms with Gasteiger partial charge >= 0.3 is 0 Å². The molecule has 1 unspecified atom stereocenters. The molecule has 1 rings (SSSR count). The van der Waals surface area contributed by atoms with Gasteiger partial charge in [0.25, 0.3) is 0 Å². The van der Waals surface area contributed by atoms with Crippen molar-refractivity contribution in [3.8, 4) is 0 Å². The van der Waals surface area contributed by atoms with Crippen LogP contribution in [0.4, 0.5) is 4.39 Å². The quantitative estimate of drug-likeness (QED) is 0.815. The van der Waals surface area contributed by atoms with Crippen molar-refractivity contribution in [1.82, 2.24) is 5.32 Å². The van der Waals surface area contributed by atoms with Gasteiger partial charge in [-0.15, -0.1) is 0 Å². The Morgan fingerprint density at radius 3 is 2.53 bits per heavy atom. The van der Waals surface area contributed by atoms with Gasteiger partial charge in [-0.05, 0) is 36.6 Å². The summed E-state index contributed by atoms with van der Waals surface area (Å²) >= 11 is 3.45. The van der Waals surface area contributed by atoms with Gasteiger partial charge in [-0.2, -0.15) is 0 Å². The zero-order valence-corrected chi connectivity index (χ0v) is 12.3. The van der Waals surface area contributed by atoms with Crippen molar-refractivity contribution >= 4 is 15.9 Å². The van der Waals surface area contributed by atoms with Crippen LogP contribution >= 0.6 is 15.9 Å². The lowest BCUT2D eigenvalue weighted by atomic mass is 9.95. The van der Waals surface area contributed by atoms with Crippen LogP contribution in [0.3, 0.4) is 0 Å². The topological polar surface area (TPSA) is 12.0 Å². The van der Waals surface area contributed by atoms with E-state index in [4.69, 9.17) is 0 Å². The molecular formula is C14H21BrFN. The number of rotatable bonds is 6. The summed E-state index contributed by atoms with van der Waals surface area (Å²) in [6, 6.07) is 5.27. The third-order valence-corrected chi connectivity index (χ3v) is 4.15. The van der Waals surface area contributed by atoms with Crippen LogP contribution in [-0.4, -0.2) is 6.04 Å². The zero-order chi connectivity index (χ0) is 12.8. The molecule has 0 aliphatic carbocycles. The van der Waals surface area contributed by atoms with E-state index in [2.05, 4.69) is 42.0 Å². The molecule has 1 nitrogen and oxygen atoms in total. The summed E-state index contributed by atoms with van der Waals surface area (Å²) in [5.41, 5.74) is 0.975. The first-order valence-electron chi connectivity index (χ1n) is 6.25. The summed E-state index contributed by atoms with van der Waals surface area (Å²) in [6.07, 6.45) is 2.35. The fourth-order valence-corrected chi connectivity index (χ4v) is 2.50. The Morgan fingerprint density at radius 2 is 1.94 bits per heavy atom. The number of hydrogen-bond acceptors (Lipinski definition) is 1. The molecule has 0 bridgehead atoms. The molecule has 17 heavy (non-hydrogen) atoms. The first kappa shape index (κ1) is 14.7. The minimum Gasteiger partial charge on any atom is -0.310 e. The molecule has 0 spiro atoms. The maximum atomic E-state index is 13.1. The molecule has 96 valence electrons. The Bertz CT molecular complexity index is 350. The lowest BCUT2D eigenvalue weighted by Crippen LogP contribution is -2.32. The van der Waals surface area contributed by atoms with Gasteiger partial charge in [-0.3, -0.25) is 0 Å². The van der Waals surface area contributed by atoms with Crippen LogP contribution in [0.1, 0.15) is 39.2 Å². The van der Waals surface area contributed by atoms with E-state index in [0.717, 1.165) is 10.0 Å². The van der Waals surface area contributed by atoms with E-state index in [1.165, 1.54) is 18.9 Å². The predicted molar refractivity (Wildman–Crippen MR) is 74.5 cm³/mol. The maximum Gasteiger partial charge on any atom is 0.123 e. The van der Waals surface area contributed by atoms with Gasteiger partial charge in [0, 0.05) is 17.1 Å². The second-order valence-corrected chi connectivity index (χ2v) is 5.34. The Kier molecular flexibility index (Phi) is 6.14. The van der Waals surface area contributed by atoms with Gasteiger partial charge in [0.15, 0.2) is 0 Å². The van der Waals surface area contributed by atoms with E-state index in [1.807, 2.05) is 0 Å². The standard InChI is InChI=1S/C14H21BrFN/c1-4-11(5-2)10(3)17-9-12-8-13(16)6-7-14(12)15/h6-8,10-11,17H,4-5,9H2,1-3H3. The Labute approximate surface area is 112 Å². The first-order valence-corrected chi connectivity index (χ1v) is 7.05. The molecule has 1 aromatic rings. The minimum atomic E-state index is -0.180. The van der Waals surface area contributed by atoms with E-state index in [1.54, 1.807) is 12.1 Å². The van der Waals surface area contributed by atoms with Gasteiger partial charge in [-0.25, -0.2) is 4.39 Å². The molecule has 0 aliphatic heterocycles. The summed E-state index contributed by atoms with van der Waals surface area (Å²) in [5.74, 6) is 0.502. The molecule has 0 radical (unpaired) electrons. The molecule has 3 heteroatoms. The van der Waals surface area contributed by atoms with E-state index < -0.39 is 0 Å². The molecule has 0 saturated heterocycles. The van der Waals surface area contributed by atoms with Gasteiger partial charge in [0.2, 0.25) is 0 Å². The van der Waals surface area contributed by atoms with Crippen LogP contribution in [0, 0.1) is 11.7 Å². The second-order valence-electron chi connectivity index (χ2n) is 4.48. The number of benzene rings is 1. The number of nitrogens with one attached hydrogen (secondary N) is 1. The smallest absolute Gasteiger partial charge is 0.123 e. The molecule has 0 aromatic heterocycles. The van der Waals surface area contributed by atoms with E-state index >= 15 is 0 Å². The Hall–Kier alpha value is -0.410. The SMILES string of the molecule is CCC(CC)C(C)NCc1cc(F)ccc1Br. The Balaban J connectivity index is 2.57. The van der Waals surface area contributed by atoms with Gasteiger partial charge in [-0.1, -0.05) is 42.6 Å². The molecule has 0 aliphatic rings. The van der Waals surface area contributed by atoms with Crippen molar-refractivity contribution in [2.24, 2.45) is 5.92 Å². The van der Waals surface area contributed by atoms with Crippen LogP contribution in [0.2, 0.25) is 0 Å². The van der Waals surface area contributed by atoms with Crippen LogP contribution in [0.25, 0.3) is 0 Å². The van der Waals surface area contributed by atoms with Crippen molar-refractivity contribution in [3.05, 3.63) is 34.1 Å². The molecule has 0 heterocycles. The number of hydrogen-bond donors (Lipinski definition) is 1. The molecule has 0 fully saturated rings. The van der Waals surface area contributed by atoms with Crippen LogP contribution in [0.5, 0.6) is 0 Å². The van der Waals surface area contributed by atoms with Crippen molar-refractivity contribution in [1.29, 1.82) is 0 Å². The second kappa shape index (κ2) is 7.12. The van der Waals surface area contributed by atoms with Crippen molar-refractivity contribution in [3.63, 3.8) is 0 Å². The van der Waals surface area contributed by atoms with E-state index in [0.29, 0.717) is 18.5 Å². The largest absolute Gasteiger partial charge is 0.310 e. The molecule has 1 aromatic carbocycles. The normalized spacial score (nSPS) is 13.1. The third-order valence-electron chi connectivity index (χ3n) is 3.38. The highest BCUT2D eigenvalue weighted by atomic mass is 79.9. The van der Waals surface area contributed by atoms with E-state index in [-0.39, 0.29) is 5.82 Å². The summed E-state index contributed by atoms with van der Waals surface area (Å²) in [4.78, 5) is 0.